The first-order valence-corrected chi connectivity index (χ1v) is 9.78. The summed E-state index contributed by atoms with van der Waals surface area (Å²) in [6, 6.07) is 7.57. The molecule has 1 heterocycles. The van der Waals surface area contributed by atoms with Crippen LogP contribution in [0.2, 0.25) is 0 Å². The summed E-state index contributed by atoms with van der Waals surface area (Å²) < 4.78 is 1.53. The molecule has 5 nitrogen and oxygen atoms in total. The maximum absolute atomic E-state index is 12.6. The van der Waals surface area contributed by atoms with Crippen LogP contribution in [-0.4, -0.2) is 26.8 Å². The molecule has 0 aliphatic heterocycles. The maximum atomic E-state index is 12.6. The van der Waals surface area contributed by atoms with E-state index in [-0.39, 0.29) is 22.8 Å². The number of fused-ring (bicyclic) bond motifs is 1. The highest BCUT2D eigenvalue weighted by molar-refractivity contribution is 8.00. The molecule has 0 spiro atoms. The lowest BCUT2D eigenvalue weighted by Crippen LogP contribution is -2.44. The van der Waals surface area contributed by atoms with Crippen LogP contribution in [0.5, 0.6) is 0 Å². The van der Waals surface area contributed by atoms with Gasteiger partial charge < -0.3 is 5.32 Å². The first kappa shape index (κ1) is 18.0. The van der Waals surface area contributed by atoms with Gasteiger partial charge in [0.1, 0.15) is 0 Å². The average Bonchev–Trinajstić information content (AvgIpc) is 2.61. The molecule has 1 aliphatic rings. The Morgan fingerprint density at radius 1 is 1.32 bits per heavy atom. The van der Waals surface area contributed by atoms with Crippen molar-refractivity contribution in [2.45, 2.75) is 56.0 Å². The fourth-order valence-electron chi connectivity index (χ4n) is 3.35. The summed E-state index contributed by atoms with van der Waals surface area (Å²) in [7, 11) is 1.71. The smallest absolute Gasteiger partial charge is 0.261 e. The molecule has 0 radical (unpaired) electrons. The minimum atomic E-state index is -0.298. The van der Waals surface area contributed by atoms with E-state index in [2.05, 4.69) is 17.2 Å². The van der Waals surface area contributed by atoms with Crippen LogP contribution in [0.25, 0.3) is 10.9 Å². The van der Waals surface area contributed by atoms with Crippen molar-refractivity contribution in [2.24, 2.45) is 13.0 Å². The lowest BCUT2D eigenvalue weighted by atomic mass is 9.86. The lowest BCUT2D eigenvalue weighted by molar-refractivity contribution is -0.121. The highest BCUT2D eigenvalue weighted by Crippen LogP contribution is 2.26. The summed E-state index contributed by atoms with van der Waals surface area (Å²) >= 11 is 1.34. The highest BCUT2D eigenvalue weighted by Gasteiger charge is 2.26. The first-order valence-electron chi connectivity index (χ1n) is 8.90. The monoisotopic (exact) mass is 359 g/mol. The molecule has 1 saturated carbocycles. The largest absolute Gasteiger partial charge is 0.352 e. The third-order valence-corrected chi connectivity index (χ3v) is 6.18. The van der Waals surface area contributed by atoms with E-state index >= 15 is 0 Å². The molecule has 0 bridgehead atoms. The molecule has 1 aromatic carbocycles. The van der Waals surface area contributed by atoms with E-state index in [1.54, 1.807) is 13.1 Å². The van der Waals surface area contributed by atoms with Crippen molar-refractivity contribution in [1.82, 2.24) is 14.9 Å². The van der Waals surface area contributed by atoms with Gasteiger partial charge in [0.2, 0.25) is 5.91 Å². The van der Waals surface area contributed by atoms with Gasteiger partial charge in [-0.1, -0.05) is 43.7 Å². The van der Waals surface area contributed by atoms with Gasteiger partial charge in [0.05, 0.1) is 16.2 Å². The average molecular weight is 359 g/mol. The van der Waals surface area contributed by atoms with Crippen LogP contribution in [-0.2, 0) is 11.8 Å². The van der Waals surface area contributed by atoms with Crippen LogP contribution in [0.3, 0.4) is 0 Å². The molecule has 3 rings (SSSR count). The van der Waals surface area contributed by atoms with Crippen LogP contribution in [0.4, 0.5) is 0 Å². The molecule has 1 aromatic heterocycles. The number of rotatable bonds is 4. The summed E-state index contributed by atoms with van der Waals surface area (Å²) in [5.74, 6) is 0.546. The molecule has 134 valence electrons. The molecule has 1 fully saturated rings. The second-order valence-electron chi connectivity index (χ2n) is 6.91. The first-order chi connectivity index (χ1) is 12.0. The Bertz CT molecular complexity index is 833. The van der Waals surface area contributed by atoms with Crippen molar-refractivity contribution in [3.05, 3.63) is 34.6 Å². The Morgan fingerprint density at radius 3 is 2.80 bits per heavy atom. The number of para-hydroxylation sites is 1. The summed E-state index contributed by atoms with van der Waals surface area (Å²) in [5.41, 5.74) is 0.586. The summed E-state index contributed by atoms with van der Waals surface area (Å²) in [6.45, 7) is 4.07. The van der Waals surface area contributed by atoms with Crippen molar-refractivity contribution in [1.29, 1.82) is 0 Å². The Hall–Kier alpha value is -1.82. The molecule has 0 unspecified atom stereocenters. The number of nitrogens with one attached hydrogen (secondary N) is 1. The van der Waals surface area contributed by atoms with Gasteiger partial charge in [0.25, 0.3) is 5.56 Å². The van der Waals surface area contributed by atoms with Crippen LogP contribution < -0.4 is 10.9 Å². The zero-order chi connectivity index (χ0) is 18.0. The standard InChI is InChI=1S/C19H25N3O2S/c1-12-8-4-6-10-15(12)20-17(23)13(2)25-19-21-16-11-7-5-9-14(16)18(24)22(19)3/h5,7,9,11-13,15H,4,6,8,10H2,1-3H3,(H,20,23)/t12-,13+,15+/m0/s1. The maximum Gasteiger partial charge on any atom is 0.261 e. The third kappa shape index (κ3) is 3.89. The minimum absolute atomic E-state index is 0.0196. The molecule has 2 aromatic rings. The SMILES string of the molecule is C[C@@H](Sc1nc2ccccc2c(=O)n1C)C(=O)N[C@@H]1CCCC[C@@H]1C. The summed E-state index contributed by atoms with van der Waals surface area (Å²) in [4.78, 5) is 29.6. The number of hydrogen-bond acceptors (Lipinski definition) is 4. The predicted octanol–water partition coefficient (Wildman–Crippen LogP) is 3.11. The van der Waals surface area contributed by atoms with E-state index < -0.39 is 0 Å². The molecular weight excluding hydrogens is 334 g/mol. The second kappa shape index (κ2) is 7.60. The van der Waals surface area contributed by atoms with Crippen molar-refractivity contribution < 1.29 is 4.79 Å². The van der Waals surface area contributed by atoms with Crippen LogP contribution >= 0.6 is 11.8 Å². The molecule has 3 atom stereocenters. The van der Waals surface area contributed by atoms with E-state index in [0.29, 0.717) is 22.0 Å². The summed E-state index contributed by atoms with van der Waals surface area (Å²) in [5, 5.41) is 4.06. The number of aromatic nitrogens is 2. The van der Waals surface area contributed by atoms with Crippen LogP contribution in [0, 0.1) is 5.92 Å². The quantitative estimate of drug-likeness (QED) is 0.673. The molecular formula is C19H25N3O2S. The van der Waals surface area contributed by atoms with E-state index in [1.807, 2.05) is 25.1 Å². The van der Waals surface area contributed by atoms with Gasteiger partial charge in [-0.25, -0.2) is 4.98 Å². The fourth-order valence-corrected chi connectivity index (χ4v) is 4.23. The summed E-state index contributed by atoms with van der Waals surface area (Å²) in [6.07, 6.45) is 4.66. The molecule has 1 N–H and O–H groups in total. The predicted molar refractivity (Wildman–Crippen MR) is 102 cm³/mol. The number of nitrogens with zero attached hydrogens (tertiary/aromatic N) is 2. The third-order valence-electron chi connectivity index (χ3n) is 5.03. The van der Waals surface area contributed by atoms with E-state index in [9.17, 15) is 9.59 Å². The molecule has 0 saturated heterocycles. The van der Waals surface area contributed by atoms with Gasteiger partial charge >= 0.3 is 0 Å². The Kier molecular flexibility index (Phi) is 5.47. The molecule has 6 heteroatoms. The van der Waals surface area contributed by atoms with Crippen molar-refractivity contribution in [3.63, 3.8) is 0 Å². The number of hydrogen-bond donors (Lipinski definition) is 1. The van der Waals surface area contributed by atoms with Crippen molar-refractivity contribution >= 4 is 28.6 Å². The Morgan fingerprint density at radius 2 is 2.04 bits per heavy atom. The van der Waals surface area contributed by atoms with Crippen LogP contribution in [0.1, 0.15) is 39.5 Å². The zero-order valence-corrected chi connectivity index (χ0v) is 15.8. The number of carbonyl (C=O) groups is 1. The number of carbonyl (C=O) groups excluding carboxylic acids is 1. The molecule has 1 amide bonds. The highest BCUT2D eigenvalue weighted by atomic mass is 32.2. The van der Waals surface area contributed by atoms with Gasteiger partial charge in [0.15, 0.2) is 5.16 Å². The molecule has 1 aliphatic carbocycles. The van der Waals surface area contributed by atoms with Crippen LogP contribution in [0.15, 0.2) is 34.2 Å². The topological polar surface area (TPSA) is 64.0 Å². The van der Waals surface area contributed by atoms with E-state index in [1.165, 1.54) is 35.6 Å². The number of thioether (sulfide) groups is 1. The number of amides is 1. The van der Waals surface area contributed by atoms with Gasteiger partial charge in [-0.05, 0) is 37.8 Å². The normalized spacial score (nSPS) is 21.9. The Labute approximate surface area is 152 Å². The van der Waals surface area contributed by atoms with E-state index in [4.69, 9.17) is 0 Å². The Balaban J connectivity index is 1.75. The zero-order valence-electron chi connectivity index (χ0n) is 15.0. The fraction of sp³-hybridized carbons (Fsp3) is 0.526. The molecule has 25 heavy (non-hydrogen) atoms. The van der Waals surface area contributed by atoms with Gasteiger partial charge in [-0.2, -0.15) is 0 Å². The van der Waals surface area contributed by atoms with Crippen molar-refractivity contribution in [3.8, 4) is 0 Å². The van der Waals surface area contributed by atoms with Crippen molar-refractivity contribution in [2.75, 3.05) is 0 Å². The number of benzene rings is 1. The van der Waals surface area contributed by atoms with E-state index in [0.717, 1.165) is 6.42 Å². The second-order valence-corrected chi connectivity index (χ2v) is 8.22. The minimum Gasteiger partial charge on any atom is -0.352 e. The van der Waals surface area contributed by atoms with Gasteiger partial charge in [-0.15, -0.1) is 0 Å². The van der Waals surface area contributed by atoms with Gasteiger partial charge in [-0.3, -0.25) is 14.2 Å². The lowest BCUT2D eigenvalue weighted by Gasteiger charge is -2.30. The van der Waals surface area contributed by atoms with Gasteiger partial charge in [0, 0.05) is 13.1 Å².